The molecule has 156 valence electrons. The summed E-state index contributed by atoms with van der Waals surface area (Å²) in [5, 5.41) is 5.79. The molecule has 2 N–H and O–H groups in total. The fourth-order valence-corrected chi connectivity index (χ4v) is 3.07. The quantitative estimate of drug-likeness (QED) is 0.823. The molecule has 28 heavy (non-hydrogen) atoms. The van der Waals surface area contributed by atoms with E-state index >= 15 is 0 Å². The first-order valence-corrected chi connectivity index (χ1v) is 9.66. The maximum absolute atomic E-state index is 12.2. The smallest absolute Gasteiger partial charge is 0.407 e. The maximum atomic E-state index is 12.2. The van der Waals surface area contributed by atoms with Crippen LogP contribution in [-0.2, 0) is 16.0 Å². The first-order chi connectivity index (χ1) is 12.9. The first-order valence-electron chi connectivity index (χ1n) is 9.66. The lowest BCUT2D eigenvalue weighted by Crippen LogP contribution is -2.52. The van der Waals surface area contributed by atoms with E-state index in [2.05, 4.69) is 27.7 Å². The van der Waals surface area contributed by atoms with E-state index in [4.69, 9.17) is 9.47 Å². The molecule has 0 aliphatic carbocycles. The number of carbonyl (C=O) groups excluding carboxylic acids is 2. The highest BCUT2D eigenvalue weighted by molar-refractivity contribution is 5.70. The molecular weight excluding hydrogens is 358 g/mol. The number of hydrogen-bond acceptors (Lipinski definition) is 5. The van der Waals surface area contributed by atoms with Crippen molar-refractivity contribution in [2.45, 2.75) is 71.4 Å². The normalized spacial score (nSPS) is 20.5. The van der Waals surface area contributed by atoms with Crippen LogP contribution in [0.25, 0.3) is 0 Å². The number of nitrogens with one attached hydrogen (secondary N) is 2. The zero-order valence-corrected chi connectivity index (χ0v) is 17.7. The molecule has 0 saturated carbocycles. The van der Waals surface area contributed by atoms with Crippen molar-refractivity contribution in [1.82, 2.24) is 15.5 Å². The Morgan fingerprint density at radius 1 is 0.893 bits per heavy atom. The van der Waals surface area contributed by atoms with Crippen molar-refractivity contribution in [2.24, 2.45) is 0 Å². The molecule has 0 aromatic heterocycles. The molecule has 1 saturated heterocycles. The van der Waals surface area contributed by atoms with Crippen molar-refractivity contribution >= 4 is 12.2 Å². The van der Waals surface area contributed by atoms with E-state index in [1.807, 2.05) is 59.7 Å². The van der Waals surface area contributed by atoms with Gasteiger partial charge in [0.15, 0.2) is 0 Å². The van der Waals surface area contributed by atoms with Gasteiger partial charge in [0.1, 0.15) is 11.2 Å². The van der Waals surface area contributed by atoms with Crippen LogP contribution in [-0.4, -0.2) is 53.5 Å². The van der Waals surface area contributed by atoms with Crippen LogP contribution in [0.2, 0.25) is 0 Å². The molecule has 2 amide bonds. The Morgan fingerprint density at radius 2 is 1.32 bits per heavy atom. The molecule has 0 bridgehead atoms. The van der Waals surface area contributed by atoms with Gasteiger partial charge in [-0.25, -0.2) is 9.59 Å². The zero-order valence-electron chi connectivity index (χ0n) is 17.7. The van der Waals surface area contributed by atoms with Crippen LogP contribution in [0.3, 0.4) is 0 Å². The lowest BCUT2D eigenvalue weighted by atomic mass is 10.1. The summed E-state index contributed by atoms with van der Waals surface area (Å²) in [5.41, 5.74) is 0.0116. The number of alkyl carbamates (subject to hydrolysis) is 2. The number of amides is 2. The summed E-state index contributed by atoms with van der Waals surface area (Å²) in [6, 6.07) is 9.55. The highest BCUT2D eigenvalue weighted by atomic mass is 16.6. The standard InChI is InChI=1S/C21H33N3O4/c1-20(2,3)27-18(25)22-16-13-24(12-15-10-8-7-9-11-15)14-17(16)23-19(26)28-21(4,5)6/h7-11,16-17H,12-14H2,1-6H3,(H,22,25)(H,23,26)/t16-,17-/m0/s1. The summed E-state index contributed by atoms with van der Waals surface area (Å²) in [6.45, 7) is 12.9. The molecule has 2 atom stereocenters. The van der Waals surface area contributed by atoms with Gasteiger partial charge in [-0.2, -0.15) is 0 Å². The lowest BCUT2D eigenvalue weighted by molar-refractivity contribution is 0.0447. The SMILES string of the molecule is CC(C)(C)OC(=O)N[C@H]1CN(Cc2ccccc2)C[C@@H]1NC(=O)OC(C)(C)C. The predicted molar refractivity (Wildman–Crippen MR) is 108 cm³/mol. The van der Waals surface area contributed by atoms with Gasteiger partial charge in [-0.3, -0.25) is 4.90 Å². The summed E-state index contributed by atoms with van der Waals surface area (Å²) in [5.74, 6) is 0. The van der Waals surface area contributed by atoms with Crippen LogP contribution in [0.4, 0.5) is 9.59 Å². The van der Waals surface area contributed by atoms with E-state index in [1.165, 1.54) is 5.56 Å². The van der Waals surface area contributed by atoms with Gasteiger partial charge in [0.25, 0.3) is 0 Å². The summed E-state index contributed by atoms with van der Waals surface area (Å²) >= 11 is 0. The molecule has 2 rings (SSSR count). The molecule has 1 heterocycles. The number of carbonyl (C=O) groups is 2. The number of ether oxygens (including phenoxy) is 2. The molecule has 7 nitrogen and oxygen atoms in total. The average Bonchev–Trinajstić information content (AvgIpc) is 2.85. The van der Waals surface area contributed by atoms with E-state index in [9.17, 15) is 9.59 Å². The number of rotatable bonds is 4. The average molecular weight is 392 g/mol. The van der Waals surface area contributed by atoms with Crippen LogP contribution >= 0.6 is 0 Å². The monoisotopic (exact) mass is 391 g/mol. The van der Waals surface area contributed by atoms with Gasteiger partial charge in [0.05, 0.1) is 12.1 Å². The highest BCUT2D eigenvalue weighted by Crippen LogP contribution is 2.17. The molecule has 1 aliphatic rings. The van der Waals surface area contributed by atoms with E-state index in [0.717, 1.165) is 6.54 Å². The minimum atomic E-state index is -0.583. The molecular formula is C21H33N3O4. The molecule has 1 aromatic rings. The Hall–Kier alpha value is -2.28. The third kappa shape index (κ3) is 7.76. The molecule has 1 aliphatic heterocycles. The number of likely N-dealkylation sites (tertiary alicyclic amines) is 1. The van der Waals surface area contributed by atoms with Crippen molar-refractivity contribution < 1.29 is 19.1 Å². The number of benzene rings is 1. The third-order valence-corrected chi connectivity index (χ3v) is 4.05. The van der Waals surface area contributed by atoms with Crippen molar-refractivity contribution in [3.05, 3.63) is 35.9 Å². The Balaban J connectivity index is 2.03. The third-order valence-electron chi connectivity index (χ3n) is 4.05. The Morgan fingerprint density at radius 3 is 1.71 bits per heavy atom. The van der Waals surface area contributed by atoms with Gasteiger partial charge in [0, 0.05) is 19.6 Å². The molecule has 7 heteroatoms. The molecule has 0 spiro atoms. The summed E-state index contributed by atoms with van der Waals surface area (Å²) in [4.78, 5) is 26.7. The molecule has 0 unspecified atom stereocenters. The van der Waals surface area contributed by atoms with Crippen LogP contribution in [0.1, 0.15) is 47.1 Å². The maximum Gasteiger partial charge on any atom is 0.407 e. The first kappa shape index (κ1) is 22.0. The topological polar surface area (TPSA) is 79.9 Å². The van der Waals surface area contributed by atoms with Gasteiger partial charge in [-0.05, 0) is 47.1 Å². The lowest BCUT2D eigenvalue weighted by Gasteiger charge is -2.26. The largest absolute Gasteiger partial charge is 0.444 e. The Bertz CT molecular complexity index is 626. The van der Waals surface area contributed by atoms with Gasteiger partial charge in [-0.1, -0.05) is 30.3 Å². The molecule has 1 aromatic carbocycles. The van der Waals surface area contributed by atoms with Crippen molar-refractivity contribution in [3.63, 3.8) is 0 Å². The Labute approximate surface area is 167 Å². The van der Waals surface area contributed by atoms with Crippen LogP contribution in [0, 0.1) is 0 Å². The predicted octanol–water partition coefficient (Wildman–Crippen LogP) is 3.29. The van der Waals surface area contributed by atoms with Crippen LogP contribution in [0.5, 0.6) is 0 Å². The summed E-state index contributed by atoms with van der Waals surface area (Å²) in [6.07, 6.45) is -0.981. The second-order valence-corrected chi connectivity index (χ2v) is 9.19. The van der Waals surface area contributed by atoms with E-state index in [0.29, 0.717) is 13.1 Å². The summed E-state index contributed by atoms with van der Waals surface area (Å²) in [7, 11) is 0. The second kappa shape index (κ2) is 8.82. The van der Waals surface area contributed by atoms with Crippen molar-refractivity contribution in [3.8, 4) is 0 Å². The van der Waals surface area contributed by atoms with Crippen LogP contribution < -0.4 is 10.6 Å². The minimum absolute atomic E-state index is 0.272. The van der Waals surface area contributed by atoms with Gasteiger partial charge < -0.3 is 20.1 Å². The zero-order chi connectivity index (χ0) is 20.9. The fourth-order valence-electron chi connectivity index (χ4n) is 3.07. The highest BCUT2D eigenvalue weighted by Gasteiger charge is 2.36. The van der Waals surface area contributed by atoms with E-state index < -0.39 is 23.4 Å². The second-order valence-electron chi connectivity index (χ2n) is 9.19. The van der Waals surface area contributed by atoms with Crippen LogP contribution in [0.15, 0.2) is 30.3 Å². The van der Waals surface area contributed by atoms with E-state index in [1.54, 1.807) is 0 Å². The van der Waals surface area contributed by atoms with E-state index in [-0.39, 0.29) is 12.1 Å². The van der Waals surface area contributed by atoms with Gasteiger partial charge >= 0.3 is 12.2 Å². The van der Waals surface area contributed by atoms with Gasteiger partial charge in [-0.15, -0.1) is 0 Å². The summed E-state index contributed by atoms with van der Waals surface area (Å²) < 4.78 is 10.7. The minimum Gasteiger partial charge on any atom is -0.444 e. The number of nitrogens with zero attached hydrogens (tertiary/aromatic N) is 1. The number of hydrogen-bond donors (Lipinski definition) is 2. The fraction of sp³-hybridized carbons (Fsp3) is 0.619. The molecule has 0 radical (unpaired) electrons. The Kier molecular flexibility index (Phi) is 6.93. The van der Waals surface area contributed by atoms with Gasteiger partial charge in [0.2, 0.25) is 0 Å². The van der Waals surface area contributed by atoms with Crippen molar-refractivity contribution in [2.75, 3.05) is 13.1 Å². The molecule has 1 fully saturated rings. The van der Waals surface area contributed by atoms with Crippen molar-refractivity contribution in [1.29, 1.82) is 0 Å².